The molecule has 0 bridgehead atoms. The van der Waals surface area contributed by atoms with Crippen molar-refractivity contribution in [2.75, 3.05) is 30.4 Å². The predicted molar refractivity (Wildman–Crippen MR) is 119 cm³/mol. The monoisotopic (exact) mass is 407 g/mol. The van der Waals surface area contributed by atoms with E-state index in [1.165, 1.54) is 17.4 Å². The first-order valence-corrected chi connectivity index (χ1v) is 10.3. The number of nitrogens with one attached hydrogen (secondary N) is 2. The number of amides is 2. The highest BCUT2D eigenvalue weighted by atomic mass is 32.2. The zero-order valence-electron chi connectivity index (χ0n) is 16.6. The van der Waals surface area contributed by atoms with Gasteiger partial charge in [0.2, 0.25) is 0 Å². The van der Waals surface area contributed by atoms with Crippen LogP contribution in [0, 0.1) is 6.92 Å². The average molecular weight is 408 g/mol. The van der Waals surface area contributed by atoms with Gasteiger partial charge in [0.25, 0.3) is 0 Å². The smallest absolute Gasteiger partial charge is 0.319 e. The van der Waals surface area contributed by atoms with E-state index >= 15 is 0 Å². The van der Waals surface area contributed by atoms with E-state index in [2.05, 4.69) is 44.7 Å². The molecule has 150 valence electrons. The maximum absolute atomic E-state index is 12.2. The number of nitrogens with zero attached hydrogens (tertiary/aromatic N) is 3. The largest absolute Gasteiger partial charge is 0.375 e. The van der Waals surface area contributed by atoms with Gasteiger partial charge in [-0.2, -0.15) is 0 Å². The zero-order valence-corrected chi connectivity index (χ0v) is 17.4. The Labute approximate surface area is 175 Å². The second kappa shape index (κ2) is 10.5. The molecule has 3 rings (SSSR count). The highest BCUT2D eigenvalue weighted by molar-refractivity contribution is 7.99. The Hall–Kier alpha value is -3.06. The van der Waals surface area contributed by atoms with Gasteiger partial charge in [0.05, 0.1) is 0 Å². The van der Waals surface area contributed by atoms with E-state index in [0.717, 1.165) is 29.1 Å². The van der Waals surface area contributed by atoms with E-state index in [1.54, 1.807) is 18.5 Å². The van der Waals surface area contributed by atoms with Gasteiger partial charge in [-0.25, -0.2) is 14.8 Å². The molecule has 29 heavy (non-hydrogen) atoms. The lowest BCUT2D eigenvalue weighted by atomic mass is 10.2. The number of hydrogen-bond donors (Lipinski definition) is 2. The lowest BCUT2D eigenvalue weighted by molar-refractivity contribution is 0.252. The summed E-state index contributed by atoms with van der Waals surface area (Å²) in [6, 6.07) is 17.7. The van der Waals surface area contributed by atoms with Crippen molar-refractivity contribution >= 4 is 29.2 Å². The fourth-order valence-corrected chi connectivity index (χ4v) is 3.59. The first-order valence-electron chi connectivity index (χ1n) is 9.48. The fourth-order valence-electron chi connectivity index (χ4n) is 2.78. The first-order chi connectivity index (χ1) is 14.1. The SMILES string of the molecule is Cc1cc(Sc2ncccn2)ccc1NC(=O)NCCCN(C)c1ccccc1. The summed E-state index contributed by atoms with van der Waals surface area (Å²) in [6.45, 7) is 3.46. The van der Waals surface area contributed by atoms with E-state index < -0.39 is 0 Å². The van der Waals surface area contributed by atoms with Crippen molar-refractivity contribution in [1.29, 1.82) is 0 Å². The van der Waals surface area contributed by atoms with E-state index in [4.69, 9.17) is 0 Å². The molecule has 1 aromatic heterocycles. The summed E-state index contributed by atoms with van der Waals surface area (Å²) in [5.74, 6) is 0. The number of anilines is 2. The van der Waals surface area contributed by atoms with Crippen LogP contribution in [0.1, 0.15) is 12.0 Å². The number of aryl methyl sites for hydroxylation is 1. The van der Waals surface area contributed by atoms with Crippen molar-refractivity contribution in [3.8, 4) is 0 Å². The fraction of sp³-hybridized carbons (Fsp3) is 0.227. The van der Waals surface area contributed by atoms with Crippen molar-refractivity contribution in [1.82, 2.24) is 15.3 Å². The molecule has 0 fully saturated rings. The topological polar surface area (TPSA) is 70.1 Å². The Morgan fingerprint density at radius 2 is 1.83 bits per heavy atom. The second-order valence-electron chi connectivity index (χ2n) is 6.60. The Morgan fingerprint density at radius 1 is 1.07 bits per heavy atom. The number of urea groups is 1. The number of carbonyl (C=O) groups excluding carboxylic acids is 1. The summed E-state index contributed by atoms with van der Waals surface area (Å²) in [6.07, 6.45) is 4.31. The minimum atomic E-state index is -0.192. The molecule has 0 aliphatic carbocycles. The number of benzene rings is 2. The van der Waals surface area contributed by atoms with Crippen LogP contribution >= 0.6 is 11.8 Å². The van der Waals surface area contributed by atoms with Crippen LogP contribution in [0.4, 0.5) is 16.2 Å². The summed E-state index contributed by atoms with van der Waals surface area (Å²) in [4.78, 5) is 23.8. The van der Waals surface area contributed by atoms with Gasteiger partial charge in [-0.05, 0) is 67.1 Å². The molecule has 0 spiro atoms. The molecule has 3 aromatic rings. The van der Waals surface area contributed by atoms with Crippen LogP contribution < -0.4 is 15.5 Å². The molecule has 2 amide bonds. The summed E-state index contributed by atoms with van der Waals surface area (Å²) in [5.41, 5.74) is 2.96. The van der Waals surface area contributed by atoms with Gasteiger partial charge in [-0.15, -0.1) is 0 Å². The zero-order chi connectivity index (χ0) is 20.5. The van der Waals surface area contributed by atoms with E-state index in [9.17, 15) is 4.79 Å². The summed E-state index contributed by atoms with van der Waals surface area (Å²) in [7, 11) is 2.05. The Bertz CT molecular complexity index is 921. The Balaban J connectivity index is 1.43. The molecule has 0 radical (unpaired) electrons. The van der Waals surface area contributed by atoms with Crippen molar-refractivity contribution < 1.29 is 4.79 Å². The first kappa shape index (κ1) is 20.7. The van der Waals surface area contributed by atoms with Gasteiger partial charge in [-0.3, -0.25) is 0 Å². The molecule has 0 atom stereocenters. The molecule has 6 nitrogen and oxygen atoms in total. The standard InChI is InChI=1S/C22H25N5OS/c1-17-16-19(29-22-24-12-6-13-25-22)10-11-20(17)26-21(28)23-14-7-15-27(2)18-8-4-3-5-9-18/h3-6,8-13,16H,7,14-15H2,1-2H3,(H2,23,26,28). The quantitative estimate of drug-likeness (QED) is 0.422. The molecular formula is C22H25N5OS. The molecule has 2 N–H and O–H groups in total. The van der Waals surface area contributed by atoms with Gasteiger partial charge in [0.1, 0.15) is 0 Å². The van der Waals surface area contributed by atoms with Gasteiger partial charge >= 0.3 is 6.03 Å². The van der Waals surface area contributed by atoms with E-state index in [1.807, 2.05) is 43.3 Å². The molecular weight excluding hydrogens is 382 g/mol. The molecule has 0 unspecified atom stereocenters. The average Bonchev–Trinajstić information content (AvgIpc) is 2.74. The van der Waals surface area contributed by atoms with Gasteiger partial charge in [0, 0.05) is 48.8 Å². The number of aromatic nitrogens is 2. The highest BCUT2D eigenvalue weighted by Gasteiger charge is 2.07. The molecule has 0 aliphatic rings. The summed E-state index contributed by atoms with van der Waals surface area (Å²) < 4.78 is 0. The molecule has 0 saturated heterocycles. The number of carbonyl (C=O) groups is 1. The van der Waals surface area contributed by atoms with Crippen LogP contribution in [0.3, 0.4) is 0 Å². The third-order valence-corrected chi connectivity index (χ3v) is 5.23. The maximum Gasteiger partial charge on any atom is 0.319 e. The van der Waals surface area contributed by atoms with Gasteiger partial charge in [-0.1, -0.05) is 18.2 Å². The van der Waals surface area contributed by atoms with E-state index in [-0.39, 0.29) is 6.03 Å². The van der Waals surface area contributed by atoms with Crippen LogP contribution in [-0.2, 0) is 0 Å². The number of hydrogen-bond acceptors (Lipinski definition) is 5. The van der Waals surface area contributed by atoms with Crippen LogP contribution in [0.25, 0.3) is 0 Å². The lowest BCUT2D eigenvalue weighted by Gasteiger charge is -2.19. The minimum Gasteiger partial charge on any atom is -0.375 e. The van der Waals surface area contributed by atoms with Crippen molar-refractivity contribution in [3.05, 3.63) is 72.6 Å². The Morgan fingerprint density at radius 3 is 2.55 bits per heavy atom. The van der Waals surface area contributed by atoms with Gasteiger partial charge in [0.15, 0.2) is 5.16 Å². The van der Waals surface area contributed by atoms with Crippen LogP contribution in [0.15, 0.2) is 77.0 Å². The lowest BCUT2D eigenvalue weighted by Crippen LogP contribution is -2.31. The summed E-state index contributed by atoms with van der Waals surface area (Å²) >= 11 is 1.49. The Kier molecular flexibility index (Phi) is 7.47. The predicted octanol–water partition coefficient (Wildman–Crippen LogP) is 4.58. The van der Waals surface area contributed by atoms with Crippen molar-refractivity contribution in [3.63, 3.8) is 0 Å². The van der Waals surface area contributed by atoms with Crippen LogP contribution in [0.5, 0.6) is 0 Å². The van der Waals surface area contributed by atoms with Gasteiger partial charge < -0.3 is 15.5 Å². The number of rotatable bonds is 8. The van der Waals surface area contributed by atoms with E-state index in [0.29, 0.717) is 11.7 Å². The van der Waals surface area contributed by atoms with Crippen LogP contribution in [-0.4, -0.2) is 36.1 Å². The third-order valence-electron chi connectivity index (χ3n) is 4.35. The molecule has 2 aromatic carbocycles. The van der Waals surface area contributed by atoms with Crippen LogP contribution in [0.2, 0.25) is 0 Å². The molecule has 1 heterocycles. The van der Waals surface area contributed by atoms with Crippen molar-refractivity contribution in [2.45, 2.75) is 23.4 Å². The minimum absolute atomic E-state index is 0.192. The molecule has 0 aliphatic heterocycles. The second-order valence-corrected chi connectivity index (χ2v) is 7.64. The summed E-state index contributed by atoms with van der Waals surface area (Å²) in [5, 5.41) is 6.53. The number of para-hydroxylation sites is 1. The van der Waals surface area contributed by atoms with Crippen molar-refractivity contribution in [2.24, 2.45) is 0 Å². The highest BCUT2D eigenvalue weighted by Crippen LogP contribution is 2.27. The molecule has 7 heteroatoms. The maximum atomic E-state index is 12.2. The molecule has 0 saturated carbocycles. The normalized spacial score (nSPS) is 10.4. The third kappa shape index (κ3) is 6.50.